The van der Waals surface area contributed by atoms with Gasteiger partial charge in [0.05, 0.1) is 0 Å². The molecule has 0 amide bonds. The van der Waals surface area contributed by atoms with Crippen LogP contribution in [0.3, 0.4) is 0 Å². The van der Waals surface area contributed by atoms with Gasteiger partial charge in [0.25, 0.3) is 0 Å². The number of rotatable bonds is 7. The van der Waals surface area contributed by atoms with E-state index in [-0.39, 0.29) is 0 Å². The maximum atomic E-state index is 3.45. The van der Waals surface area contributed by atoms with Gasteiger partial charge in [0.2, 0.25) is 0 Å². The lowest BCUT2D eigenvalue weighted by Gasteiger charge is -2.32. The number of likely N-dealkylation sites (tertiary alicyclic amines) is 1. The van der Waals surface area contributed by atoms with Crippen LogP contribution >= 0.6 is 0 Å². The second-order valence-electron chi connectivity index (χ2n) is 6.55. The molecule has 1 aromatic rings. The Morgan fingerprint density at radius 3 is 2.52 bits per heavy atom. The van der Waals surface area contributed by atoms with Crippen molar-refractivity contribution in [1.29, 1.82) is 0 Å². The predicted octanol–water partition coefficient (Wildman–Crippen LogP) is 2.61. The summed E-state index contributed by atoms with van der Waals surface area (Å²) in [6.07, 6.45) is 3.88. The summed E-state index contributed by atoms with van der Waals surface area (Å²) < 4.78 is 0. The van der Waals surface area contributed by atoms with Gasteiger partial charge in [-0.05, 0) is 71.5 Å². The third-order valence-corrected chi connectivity index (χ3v) is 4.76. The fraction of sp³-hybridized carbons (Fsp3) is 0.667. The Balaban J connectivity index is 1.73. The molecule has 1 fully saturated rings. The molecular formula is C18H31N3. The van der Waals surface area contributed by atoms with Gasteiger partial charge in [-0.3, -0.25) is 0 Å². The molecule has 1 unspecified atom stereocenters. The highest BCUT2D eigenvalue weighted by Crippen LogP contribution is 2.19. The topological polar surface area (TPSA) is 18.5 Å². The van der Waals surface area contributed by atoms with Crippen molar-refractivity contribution in [3.05, 3.63) is 35.9 Å². The van der Waals surface area contributed by atoms with E-state index < -0.39 is 0 Å². The molecule has 1 atom stereocenters. The highest BCUT2D eigenvalue weighted by Gasteiger charge is 2.18. The van der Waals surface area contributed by atoms with Crippen LogP contribution in [0.5, 0.6) is 0 Å². The lowest BCUT2D eigenvalue weighted by atomic mass is 9.96. The van der Waals surface area contributed by atoms with E-state index in [4.69, 9.17) is 0 Å². The Morgan fingerprint density at radius 2 is 1.90 bits per heavy atom. The fourth-order valence-corrected chi connectivity index (χ4v) is 3.29. The van der Waals surface area contributed by atoms with E-state index in [0.29, 0.717) is 6.04 Å². The third kappa shape index (κ3) is 5.42. The molecule has 0 saturated carbocycles. The SMILES string of the molecule is CNC(CCN(C)CC1CCN(C)CC1)c1ccccc1. The van der Waals surface area contributed by atoms with E-state index in [1.165, 1.54) is 44.5 Å². The van der Waals surface area contributed by atoms with E-state index in [2.05, 4.69) is 66.6 Å². The summed E-state index contributed by atoms with van der Waals surface area (Å²) in [4.78, 5) is 4.96. The van der Waals surface area contributed by atoms with Crippen molar-refractivity contribution in [2.75, 3.05) is 47.3 Å². The zero-order valence-electron chi connectivity index (χ0n) is 13.9. The first-order valence-electron chi connectivity index (χ1n) is 8.28. The molecule has 3 nitrogen and oxygen atoms in total. The molecule has 1 N–H and O–H groups in total. The molecule has 0 aromatic heterocycles. The predicted molar refractivity (Wildman–Crippen MR) is 90.6 cm³/mol. The van der Waals surface area contributed by atoms with Crippen molar-refractivity contribution < 1.29 is 0 Å². The molecule has 1 aliphatic heterocycles. The molecule has 0 radical (unpaired) electrons. The summed E-state index contributed by atoms with van der Waals surface area (Å²) >= 11 is 0. The number of hydrogen-bond donors (Lipinski definition) is 1. The average Bonchev–Trinajstić information content (AvgIpc) is 2.51. The van der Waals surface area contributed by atoms with E-state index in [0.717, 1.165) is 12.5 Å². The highest BCUT2D eigenvalue weighted by molar-refractivity contribution is 5.18. The van der Waals surface area contributed by atoms with Crippen LogP contribution in [0.2, 0.25) is 0 Å². The standard InChI is InChI=1S/C18H31N3/c1-19-18(17-7-5-4-6-8-17)11-14-21(3)15-16-9-12-20(2)13-10-16/h4-8,16,18-19H,9-15H2,1-3H3. The van der Waals surface area contributed by atoms with Crippen LogP contribution < -0.4 is 5.32 Å². The Labute approximate surface area is 130 Å². The first-order chi connectivity index (χ1) is 10.2. The smallest absolute Gasteiger partial charge is 0.0329 e. The Kier molecular flexibility index (Phi) is 6.68. The zero-order valence-corrected chi connectivity index (χ0v) is 13.9. The van der Waals surface area contributed by atoms with Gasteiger partial charge >= 0.3 is 0 Å². The highest BCUT2D eigenvalue weighted by atomic mass is 15.1. The summed E-state index contributed by atoms with van der Waals surface area (Å²) in [5.41, 5.74) is 1.40. The molecule has 1 aliphatic rings. The van der Waals surface area contributed by atoms with Gasteiger partial charge in [-0.15, -0.1) is 0 Å². The Hall–Kier alpha value is -0.900. The second-order valence-corrected chi connectivity index (χ2v) is 6.55. The molecule has 2 rings (SSSR count). The summed E-state index contributed by atoms with van der Waals surface area (Å²) in [6, 6.07) is 11.2. The normalized spacial score (nSPS) is 19.0. The van der Waals surface area contributed by atoms with Crippen LogP contribution in [0, 0.1) is 5.92 Å². The van der Waals surface area contributed by atoms with Crippen molar-refractivity contribution in [1.82, 2.24) is 15.1 Å². The molecule has 3 heteroatoms. The first kappa shape index (κ1) is 16.5. The minimum atomic E-state index is 0.464. The molecule has 1 heterocycles. The number of benzene rings is 1. The van der Waals surface area contributed by atoms with Gasteiger partial charge in [0, 0.05) is 12.6 Å². The largest absolute Gasteiger partial charge is 0.313 e. The Bertz CT molecular complexity index is 385. The number of piperidine rings is 1. The van der Waals surface area contributed by atoms with E-state index in [9.17, 15) is 0 Å². The van der Waals surface area contributed by atoms with Crippen molar-refractivity contribution in [3.8, 4) is 0 Å². The second kappa shape index (κ2) is 8.52. The minimum Gasteiger partial charge on any atom is -0.313 e. The summed E-state index contributed by atoms with van der Waals surface area (Å²) in [7, 11) is 6.57. The third-order valence-electron chi connectivity index (χ3n) is 4.76. The molecule has 21 heavy (non-hydrogen) atoms. The summed E-state index contributed by atoms with van der Waals surface area (Å²) in [6.45, 7) is 4.94. The van der Waals surface area contributed by atoms with Gasteiger partial charge in [-0.1, -0.05) is 30.3 Å². The fourth-order valence-electron chi connectivity index (χ4n) is 3.29. The van der Waals surface area contributed by atoms with E-state index in [1.54, 1.807) is 0 Å². The quantitative estimate of drug-likeness (QED) is 0.832. The van der Waals surface area contributed by atoms with Gasteiger partial charge in [0.15, 0.2) is 0 Å². The average molecular weight is 289 g/mol. The molecule has 0 spiro atoms. The number of nitrogens with zero attached hydrogens (tertiary/aromatic N) is 2. The van der Waals surface area contributed by atoms with Gasteiger partial charge < -0.3 is 15.1 Å². The van der Waals surface area contributed by atoms with Gasteiger partial charge in [-0.25, -0.2) is 0 Å². The van der Waals surface area contributed by atoms with Crippen LogP contribution in [0.25, 0.3) is 0 Å². The van der Waals surface area contributed by atoms with Crippen molar-refractivity contribution in [3.63, 3.8) is 0 Å². The maximum Gasteiger partial charge on any atom is 0.0329 e. The molecular weight excluding hydrogens is 258 g/mol. The molecule has 0 bridgehead atoms. The summed E-state index contributed by atoms with van der Waals surface area (Å²) in [5.74, 6) is 0.885. The molecule has 1 aromatic carbocycles. The summed E-state index contributed by atoms with van der Waals surface area (Å²) in [5, 5.41) is 3.45. The Morgan fingerprint density at radius 1 is 1.24 bits per heavy atom. The van der Waals surface area contributed by atoms with E-state index >= 15 is 0 Å². The number of hydrogen-bond acceptors (Lipinski definition) is 3. The van der Waals surface area contributed by atoms with Crippen molar-refractivity contribution >= 4 is 0 Å². The van der Waals surface area contributed by atoms with Gasteiger partial charge in [-0.2, -0.15) is 0 Å². The molecule has 0 aliphatic carbocycles. The van der Waals surface area contributed by atoms with Gasteiger partial charge in [0.1, 0.15) is 0 Å². The van der Waals surface area contributed by atoms with Crippen LogP contribution in [0.4, 0.5) is 0 Å². The van der Waals surface area contributed by atoms with Crippen LogP contribution in [0.15, 0.2) is 30.3 Å². The zero-order chi connectivity index (χ0) is 15.1. The van der Waals surface area contributed by atoms with Crippen molar-refractivity contribution in [2.45, 2.75) is 25.3 Å². The monoisotopic (exact) mass is 289 g/mol. The van der Waals surface area contributed by atoms with Crippen LogP contribution in [-0.2, 0) is 0 Å². The lowest BCUT2D eigenvalue weighted by molar-refractivity contribution is 0.173. The maximum absolute atomic E-state index is 3.45. The van der Waals surface area contributed by atoms with Crippen LogP contribution in [-0.4, -0.2) is 57.1 Å². The molecule has 118 valence electrons. The first-order valence-corrected chi connectivity index (χ1v) is 8.28. The number of nitrogens with one attached hydrogen (secondary N) is 1. The molecule has 1 saturated heterocycles. The van der Waals surface area contributed by atoms with E-state index in [1.807, 2.05) is 0 Å². The minimum absolute atomic E-state index is 0.464. The van der Waals surface area contributed by atoms with Crippen LogP contribution in [0.1, 0.15) is 30.9 Å². The van der Waals surface area contributed by atoms with Crippen molar-refractivity contribution in [2.24, 2.45) is 5.92 Å². The lowest BCUT2D eigenvalue weighted by Crippen LogP contribution is -2.36.